The van der Waals surface area contributed by atoms with Crippen molar-refractivity contribution in [2.24, 2.45) is 7.05 Å². The average molecular weight is 472 g/mol. The Kier molecular flexibility index (Phi) is 5.65. The number of hydrogen-bond acceptors (Lipinski definition) is 3. The van der Waals surface area contributed by atoms with Crippen LogP contribution >= 0.6 is 0 Å². The van der Waals surface area contributed by atoms with Crippen LogP contribution < -0.4 is 5.32 Å². The van der Waals surface area contributed by atoms with Crippen molar-refractivity contribution in [1.82, 2.24) is 14.8 Å². The summed E-state index contributed by atoms with van der Waals surface area (Å²) >= 11 is 0. The van der Waals surface area contributed by atoms with Gasteiger partial charge in [-0.25, -0.2) is 17.6 Å². The Hall–Kier alpha value is -3.23. The minimum Gasteiger partial charge on any atom is -0.318 e. The summed E-state index contributed by atoms with van der Waals surface area (Å²) in [6, 6.07) is 6.29. The number of anilines is 1. The van der Waals surface area contributed by atoms with Gasteiger partial charge < -0.3 is 5.32 Å². The first-order chi connectivity index (χ1) is 16.2. The molecule has 2 aliphatic carbocycles. The van der Waals surface area contributed by atoms with Crippen molar-refractivity contribution >= 4 is 11.6 Å². The first kappa shape index (κ1) is 22.6. The number of carbonyl (C=O) groups excluding carboxylic acids is 1. The average Bonchev–Trinajstić information content (AvgIpc) is 3.57. The van der Waals surface area contributed by atoms with Crippen LogP contribution in [0.3, 0.4) is 0 Å². The number of rotatable bonds is 5. The second kappa shape index (κ2) is 8.52. The van der Waals surface area contributed by atoms with Gasteiger partial charge in [0.15, 0.2) is 5.69 Å². The fourth-order valence-electron chi connectivity index (χ4n) is 4.69. The van der Waals surface area contributed by atoms with E-state index in [4.69, 9.17) is 0 Å². The Morgan fingerprint density at radius 2 is 1.76 bits per heavy atom. The number of hydrogen-bond donors (Lipinski definition) is 1. The second-order valence-corrected chi connectivity index (χ2v) is 9.18. The third-order valence-corrected chi connectivity index (χ3v) is 6.69. The molecule has 2 saturated carbocycles. The topological polar surface area (TPSA) is 59.8 Å². The van der Waals surface area contributed by atoms with Crippen LogP contribution in [0.4, 0.5) is 23.2 Å². The lowest BCUT2D eigenvalue weighted by Crippen LogP contribution is -2.25. The number of amides is 1. The van der Waals surface area contributed by atoms with Crippen LogP contribution in [0.2, 0.25) is 0 Å². The minimum atomic E-state index is -2.74. The Bertz CT molecular complexity index is 1240. The summed E-state index contributed by atoms with van der Waals surface area (Å²) in [5.74, 6) is -4.53. The van der Waals surface area contributed by atoms with Gasteiger partial charge in [0.05, 0.1) is 11.4 Å². The molecular formula is C25H24F4N4O. The summed E-state index contributed by atoms with van der Waals surface area (Å²) in [6.45, 7) is 0. The zero-order valence-corrected chi connectivity index (χ0v) is 18.6. The van der Waals surface area contributed by atoms with E-state index < -0.39 is 23.5 Å². The molecule has 178 valence electrons. The molecule has 1 amide bonds. The molecule has 0 radical (unpaired) electrons. The van der Waals surface area contributed by atoms with E-state index in [-0.39, 0.29) is 54.1 Å². The number of halogens is 4. The van der Waals surface area contributed by atoms with Gasteiger partial charge in [-0.15, -0.1) is 0 Å². The van der Waals surface area contributed by atoms with Gasteiger partial charge in [0.2, 0.25) is 5.92 Å². The predicted molar refractivity (Wildman–Crippen MR) is 119 cm³/mol. The molecule has 0 atom stereocenters. The van der Waals surface area contributed by atoms with E-state index in [9.17, 15) is 22.4 Å². The van der Waals surface area contributed by atoms with E-state index in [1.165, 1.54) is 12.3 Å². The Labute approximate surface area is 194 Å². The summed E-state index contributed by atoms with van der Waals surface area (Å²) in [7, 11) is 1.77. The van der Waals surface area contributed by atoms with E-state index in [1.807, 2.05) is 0 Å². The van der Waals surface area contributed by atoms with Crippen LogP contribution in [0.25, 0.3) is 11.1 Å². The van der Waals surface area contributed by atoms with E-state index in [0.717, 1.165) is 36.7 Å². The third kappa shape index (κ3) is 4.43. The number of pyridine rings is 1. The normalized spacial score (nSPS) is 18.1. The molecule has 2 fully saturated rings. The smallest absolute Gasteiger partial charge is 0.276 e. The fraction of sp³-hybridized carbons (Fsp3) is 0.400. The largest absolute Gasteiger partial charge is 0.318 e. The molecule has 5 rings (SSSR count). The molecule has 1 N–H and O–H groups in total. The van der Waals surface area contributed by atoms with Crippen LogP contribution in [0.15, 0.2) is 36.5 Å². The summed E-state index contributed by atoms with van der Waals surface area (Å²) in [5.41, 5.74) is 1.95. The van der Waals surface area contributed by atoms with Crippen molar-refractivity contribution in [2.45, 2.75) is 56.3 Å². The summed E-state index contributed by atoms with van der Waals surface area (Å²) in [5, 5.41) is 7.12. The number of aromatic nitrogens is 3. The third-order valence-electron chi connectivity index (χ3n) is 6.69. The zero-order chi connectivity index (χ0) is 24.0. The van der Waals surface area contributed by atoms with E-state index in [1.54, 1.807) is 17.8 Å². The molecule has 0 spiro atoms. The Morgan fingerprint density at radius 3 is 2.47 bits per heavy atom. The highest BCUT2D eigenvalue weighted by atomic mass is 19.3. The summed E-state index contributed by atoms with van der Waals surface area (Å²) in [4.78, 5) is 17.6. The number of carbonyl (C=O) groups is 1. The lowest BCUT2D eigenvalue weighted by atomic mass is 9.83. The number of nitrogens with one attached hydrogen (secondary N) is 1. The minimum absolute atomic E-state index is 0.0419. The molecule has 2 aliphatic rings. The molecule has 0 aliphatic heterocycles. The predicted octanol–water partition coefficient (Wildman–Crippen LogP) is 6.18. The van der Waals surface area contributed by atoms with Crippen molar-refractivity contribution in [1.29, 1.82) is 0 Å². The zero-order valence-electron chi connectivity index (χ0n) is 18.6. The van der Waals surface area contributed by atoms with E-state index in [0.29, 0.717) is 11.6 Å². The van der Waals surface area contributed by atoms with Crippen LogP contribution in [-0.4, -0.2) is 26.6 Å². The van der Waals surface area contributed by atoms with Gasteiger partial charge in [-0.2, -0.15) is 5.10 Å². The van der Waals surface area contributed by atoms with Crippen molar-refractivity contribution in [2.75, 3.05) is 5.32 Å². The fourth-order valence-corrected chi connectivity index (χ4v) is 4.69. The van der Waals surface area contributed by atoms with Gasteiger partial charge in [-0.3, -0.25) is 14.5 Å². The molecule has 2 heterocycles. The standard InChI is InChI=1S/C25H24F4N4O/c1-33-21(14-2-3-14)13-20(32-33)24(34)31-23-17(18-12-16(26)4-5-19(18)27)8-11-30-22(23)15-6-9-25(28,29)10-7-15/h4-5,8,11-15H,2-3,6-7,9-10H2,1H3,(H,31,34). The molecule has 0 saturated heterocycles. The maximum absolute atomic E-state index is 14.7. The van der Waals surface area contributed by atoms with Crippen molar-refractivity contribution in [3.05, 3.63) is 65.2 Å². The first-order valence-corrected chi connectivity index (χ1v) is 11.4. The SMILES string of the molecule is Cn1nc(C(=O)Nc2c(-c3cc(F)ccc3F)ccnc2C2CCC(F)(F)CC2)cc1C1CC1. The van der Waals surface area contributed by atoms with Gasteiger partial charge in [0.1, 0.15) is 11.6 Å². The van der Waals surface area contributed by atoms with Crippen LogP contribution in [0.1, 0.15) is 72.2 Å². The van der Waals surface area contributed by atoms with Crippen LogP contribution in [0, 0.1) is 11.6 Å². The number of benzene rings is 1. The second-order valence-electron chi connectivity index (χ2n) is 9.18. The Morgan fingerprint density at radius 1 is 1.03 bits per heavy atom. The maximum atomic E-state index is 14.7. The molecule has 0 bridgehead atoms. The molecular weight excluding hydrogens is 448 g/mol. The van der Waals surface area contributed by atoms with Crippen molar-refractivity contribution in [3.8, 4) is 11.1 Å². The first-order valence-electron chi connectivity index (χ1n) is 11.4. The number of alkyl halides is 2. The molecule has 34 heavy (non-hydrogen) atoms. The molecule has 2 aromatic heterocycles. The highest BCUT2D eigenvalue weighted by Gasteiger charge is 2.37. The molecule has 1 aromatic carbocycles. The monoisotopic (exact) mass is 472 g/mol. The van der Waals surface area contributed by atoms with Crippen molar-refractivity contribution in [3.63, 3.8) is 0 Å². The molecule has 5 nitrogen and oxygen atoms in total. The quantitative estimate of drug-likeness (QED) is 0.451. The maximum Gasteiger partial charge on any atom is 0.276 e. The highest BCUT2D eigenvalue weighted by molar-refractivity contribution is 6.05. The van der Waals surface area contributed by atoms with Gasteiger partial charge in [0, 0.05) is 54.7 Å². The molecule has 9 heteroatoms. The van der Waals surface area contributed by atoms with Gasteiger partial charge in [-0.05, 0) is 56.0 Å². The van der Waals surface area contributed by atoms with Crippen LogP contribution in [0.5, 0.6) is 0 Å². The van der Waals surface area contributed by atoms with Gasteiger partial charge in [-0.1, -0.05) is 0 Å². The van der Waals surface area contributed by atoms with E-state index >= 15 is 0 Å². The lowest BCUT2D eigenvalue weighted by Gasteiger charge is -2.29. The molecule has 3 aromatic rings. The van der Waals surface area contributed by atoms with Crippen LogP contribution in [-0.2, 0) is 7.05 Å². The Balaban J connectivity index is 1.55. The van der Waals surface area contributed by atoms with E-state index in [2.05, 4.69) is 15.4 Å². The summed E-state index contributed by atoms with van der Waals surface area (Å²) in [6.07, 6.45) is 3.28. The number of aryl methyl sites for hydroxylation is 1. The lowest BCUT2D eigenvalue weighted by molar-refractivity contribution is -0.0384. The highest BCUT2D eigenvalue weighted by Crippen LogP contribution is 2.45. The number of nitrogens with zero attached hydrogens (tertiary/aromatic N) is 3. The van der Waals surface area contributed by atoms with Gasteiger partial charge in [0.25, 0.3) is 5.91 Å². The van der Waals surface area contributed by atoms with Crippen molar-refractivity contribution < 1.29 is 22.4 Å². The summed E-state index contributed by atoms with van der Waals surface area (Å²) < 4.78 is 57.9. The molecule has 0 unspecified atom stereocenters. The van der Waals surface area contributed by atoms with Gasteiger partial charge >= 0.3 is 0 Å².